The highest BCUT2D eigenvalue weighted by atomic mass is 32.1. The van der Waals surface area contributed by atoms with Crippen LogP contribution in [0.1, 0.15) is 27.7 Å². The molecule has 0 saturated heterocycles. The third kappa shape index (κ3) is 4.30. The van der Waals surface area contributed by atoms with Crippen LogP contribution in [0.15, 0.2) is 5.10 Å². The Labute approximate surface area is 75.1 Å². The Morgan fingerprint density at radius 1 is 1.27 bits per heavy atom. The minimum absolute atomic E-state index is 0.416. The van der Waals surface area contributed by atoms with Crippen molar-refractivity contribution in [1.82, 2.24) is 5.01 Å². The molecule has 0 atom stereocenters. The third-order valence-corrected chi connectivity index (χ3v) is 2.13. The predicted octanol–water partition coefficient (Wildman–Crippen LogP) is 2.23. The van der Waals surface area contributed by atoms with Crippen molar-refractivity contribution in [2.24, 2.45) is 11.0 Å². The van der Waals surface area contributed by atoms with Crippen LogP contribution in [0.5, 0.6) is 0 Å². The normalized spacial score (nSPS) is 12.9. The highest BCUT2D eigenvalue weighted by Gasteiger charge is 2.03. The largest absolute Gasteiger partial charge is 0.297 e. The molecule has 0 aromatic heterocycles. The number of rotatable bonds is 3. The van der Waals surface area contributed by atoms with Crippen molar-refractivity contribution in [3.05, 3.63) is 0 Å². The van der Waals surface area contributed by atoms with Crippen molar-refractivity contribution in [2.75, 3.05) is 7.05 Å². The van der Waals surface area contributed by atoms with E-state index in [1.54, 1.807) is 0 Å². The van der Waals surface area contributed by atoms with E-state index in [9.17, 15) is 0 Å². The van der Waals surface area contributed by atoms with Crippen LogP contribution in [0.2, 0.25) is 0 Å². The molecule has 0 saturated carbocycles. The van der Waals surface area contributed by atoms with Crippen LogP contribution in [0, 0.1) is 5.92 Å². The van der Waals surface area contributed by atoms with Gasteiger partial charge in [-0.05, 0) is 13.8 Å². The Bertz CT molecular complexity index is 141. The van der Waals surface area contributed by atoms with Crippen molar-refractivity contribution >= 4 is 17.7 Å². The Morgan fingerprint density at radius 3 is 2.00 bits per heavy atom. The molecule has 3 heteroatoms. The highest BCUT2D eigenvalue weighted by molar-refractivity contribution is 7.97. The molecule has 0 unspecified atom stereocenters. The molecule has 0 aliphatic heterocycles. The molecule has 0 rings (SSSR count). The Balaban J connectivity index is 4.07. The van der Waals surface area contributed by atoms with E-state index in [0.717, 1.165) is 5.04 Å². The third-order valence-electron chi connectivity index (χ3n) is 1.52. The fraction of sp³-hybridized carbons (Fsp3) is 0.875. The number of hydrogen-bond acceptors (Lipinski definition) is 2. The van der Waals surface area contributed by atoms with Gasteiger partial charge in [0.2, 0.25) is 0 Å². The molecule has 0 aliphatic rings. The van der Waals surface area contributed by atoms with Crippen molar-refractivity contribution in [1.29, 1.82) is 0 Å². The molecule has 0 fully saturated rings. The summed E-state index contributed by atoms with van der Waals surface area (Å²) in [5.74, 6) is 0.416. The zero-order chi connectivity index (χ0) is 9.02. The molecule has 0 bridgehead atoms. The average Bonchev–Trinajstić information content (AvgIpc) is 1.87. The molecule has 0 aliphatic carbocycles. The molecule has 0 aromatic carbocycles. The van der Waals surface area contributed by atoms with Gasteiger partial charge in [0.15, 0.2) is 0 Å². The van der Waals surface area contributed by atoms with Crippen LogP contribution in [-0.2, 0) is 0 Å². The summed E-state index contributed by atoms with van der Waals surface area (Å²) in [5, 5.41) is 7.10. The number of hydrogen-bond donors (Lipinski definition) is 1. The van der Waals surface area contributed by atoms with Crippen molar-refractivity contribution in [2.45, 2.75) is 33.7 Å². The van der Waals surface area contributed by atoms with Gasteiger partial charge < -0.3 is 0 Å². The van der Waals surface area contributed by atoms with Crippen LogP contribution in [0.25, 0.3) is 0 Å². The summed E-state index contributed by atoms with van der Waals surface area (Å²) in [6.07, 6.45) is 0. The summed E-state index contributed by atoms with van der Waals surface area (Å²) in [5.41, 5.74) is 0. The second-order valence-corrected chi connectivity index (χ2v) is 3.74. The highest BCUT2D eigenvalue weighted by Crippen LogP contribution is 2.04. The lowest BCUT2D eigenvalue weighted by molar-refractivity contribution is 0.288. The summed E-state index contributed by atoms with van der Waals surface area (Å²) < 4.78 is 0. The van der Waals surface area contributed by atoms with E-state index >= 15 is 0 Å². The van der Waals surface area contributed by atoms with Crippen LogP contribution in [-0.4, -0.2) is 23.1 Å². The van der Waals surface area contributed by atoms with E-state index in [1.165, 1.54) is 0 Å². The minimum atomic E-state index is 0.416. The second-order valence-electron chi connectivity index (χ2n) is 3.28. The molecule has 0 radical (unpaired) electrons. The van der Waals surface area contributed by atoms with Gasteiger partial charge in [-0.25, -0.2) is 0 Å². The second kappa shape index (κ2) is 4.65. The smallest absolute Gasteiger partial charge is 0.0928 e. The van der Waals surface area contributed by atoms with E-state index in [4.69, 9.17) is 0 Å². The first-order valence-corrected chi connectivity index (χ1v) is 4.40. The fourth-order valence-electron chi connectivity index (χ4n) is 0.393. The molecule has 66 valence electrons. The van der Waals surface area contributed by atoms with Crippen molar-refractivity contribution < 1.29 is 0 Å². The van der Waals surface area contributed by atoms with E-state index in [2.05, 4.69) is 45.4 Å². The minimum Gasteiger partial charge on any atom is -0.297 e. The van der Waals surface area contributed by atoms with E-state index in [0.29, 0.717) is 12.0 Å². The summed E-state index contributed by atoms with van der Waals surface area (Å²) in [6.45, 7) is 8.37. The van der Waals surface area contributed by atoms with E-state index in [1.807, 2.05) is 12.1 Å². The lowest BCUT2D eigenvalue weighted by Gasteiger charge is -2.18. The molecule has 2 nitrogen and oxygen atoms in total. The maximum absolute atomic E-state index is 4.29. The number of hydrazone groups is 1. The van der Waals surface area contributed by atoms with Gasteiger partial charge in [0, 0.05) is 19.0 Å². The monoisotopic (exact) mass is 174 g/mol. The number of thiol groups is 1. The first-order chi connectivity index (χ1) is 4.95. The number of nitrogens with zero attached hydrogens (tertiary/aromatic N) is 2. The Hall–Kier alpha value is -0.180. The zero-order valence-corrected chi connectivity index (χ0v) is 8.89. The van der Waals surface area contributed by atoms with Crippen molar-refractivity contribution in [3.8, 4) is 0 Å². The van der Waals surface area contributed by atoms with E-state index < -0.39 is 0 Å². The Kier molecular flexibility index (Phi) is 4.57. The molecule has 0 N–H and O–H groups in total. The van der Waals surface area contributed by atoms with Gasteiger partial charge in [0.05, 0.1) is 5.04 Å². The molecular formula is C8H18N2S. The van der Waals surface area contributed by atoms with Gasteiger partial charge in [-0.1, -0.05) is 13.8 Å². The standard InChI is InChI=1S/C8H18N2S/c1-6(2)8(11)9-10(5)7(3)4/h6-7H,1-5H3,(H,9,11). The Morgan fingerprint density at radius 2 is 1.73 bits per heavy atom. The predicted molar refractivity (Wildman–Crippen MR) is 54.2 cm³/mol. The zero-order valence-electron chi connectivity index (χ0n) is 8.00. The molecule has 0 spiro atoms. The molecule has 0 heterocycles. The summed E-state index contributed by atoms with van der Waals surface area (Å²) in [7, 11) is 1.96. The van der Waals surface area contributed by atoms with Crippen LogP contribution in [0.4, 0.5) is 0 Å². The molecular weight excluding hydrogens is 156 g/mol. The lowest BCUT2D eigenvalue weighted by Crippen LogP contribution is -2.22. The van der Waals surface area contributed by atoms with Gasteiger partial charge in [0.1, 0.15) is 0 Å². The van der Waals surface area contributed by atoms with Gasteiger partial charge in [-0.2, -0.15) is 5.10 Å². The topological polar surface area (TPSA) is 15.6 Å². The van der Waals surface area contributed by atoms with Gasteiger partial charge >= 0.3 is 0 Å². The quantitative estimate of drug-likeness (QED) is 0.300. The lowest BCUT2D eigenvalue weighted by atomic mass is 10.2. The molecule has 0 aromatic rings. The van der Waals surface area contributed by atoms with E-state index in [-0.39, 0.29) is 0 Å². The summed E-state index contributed by atoms with van der Waals surface area (Å²) in [6, 6.07) is 0.441. The summed E-state index contributed by atoms with van der Waals surface area (Å²) >= 11 is 4.27. The SMILES string of the molecule is CC(C)/C(S)=N/N(C)C(C)C. The van der Waals surface area contributed by atoms with Crippen LogP contribution < -0.4 is 0 Å². The first-order valence-electron chi connectivity index (χ1n) is 3.95. The van der Waals surface area contributed by atoms with Crippen LogP contribution in [0.3, 0.4) is 0 Å². The molecule has 0 amide bonds. The van der Waals surface area contributed by atoms with Gasteiger partial charge in [-0.3, -0.25) is 5.01 Å². The van der Waals surface area contributed by atoms with Gasteiger partial charge in [-0.15, -0.1) is 12.6 Å². The maximum Gasteiger partial charge on any atom is 0.0928 e. The van der Waals surface area contributed by atoms with Crippen LogP contribution >= 0.6 is 12.6 Å². The first kappa shape index (κ1) is 10.8. The summed E-state index contributed by atoms with van der Waals surface area (Å²) in [4.78, 5) is 0. The van der Waals surface area contributed by atoms with Gasteiger partial charge in [0.25, 0.3) is 0 Å². The fourth-order valence-corrected chi connectivity index (χ4v) is 0.534. The molecule has 11 heavy (non-hydrogen) atoms. The van der Waals surface area contributed by atoms with Crippen molar-refractivity contribution in [3.63, 3.8) is 0 Å². The average molecular weight is 174 g/mol. The maximum atomic E-state index is 4.29.